The minimum Gasteiger partial charge on any atom is -0.394 e. The van der Waals surface area contributed by atoms with Gasteiger partial charge in [-0.15, -0.1) is 0 Å². The lowest BCUT2D eigenvalue weighted by atomic mass is 10.1. The van der Waals surface area contributed by atoms with E-state index in [9.17, 15) is 14.7 Å². The van der Waals surface area contributed by atoms with E-state index in [2.05, 4.69) is 10.0 Å². The van der Waals surface area contributed by atoms with Crippen LogP contribution in [-0.2, 0) is 4.74 Å². The minimum atomic E-state index is -1.25. The third-order valence-corrected chi connectivity index (χ3v) is 2.83. The van der Waals surface area contributed by atoms with Crippen LogP contribution in [0.3, 0.4) is 0 Å². The lowest BCUT2D eigenvalue weighted by Gasteiger charge is -2.17. The van der Waals surface area contributed by atoms with Crippen molar-refractivity contribution < 1.29 is 14.9 Å². The SMILES string of the molecule is [N-]=[N+]=NC1C(n2ccc(=O)[nH]c2=O)O[C@H](CO)[C@H]1O. The number of hydrogen-bond acceptors (Lipinski definition) is 6. The second kappa shape index (κ2) is 5.24. The molecule has 0 aliphatic carbocycles. The number of aromatic nitrogens is 2. The summed E-state index contributed by atoms with van der Waals surface area (Å²) in [6.07, 6.45) is -2.14. The Hall–Kier alpha value is -2.13. The molecule has 0 bridgehead atoms. The van der Waals surface area contributed by atoms with Gasteiger partial charge in [-0.2, -0.15) is 0 Å². The summed E-state index contributed by atoms with van der Waals surface area (Å²) >= 11 is 0. The number of azide groups is 1. The minimum absolute atomic E-state index is 0.493. The highest BCUT2D eigenvalue weighted by Gasteiger charge is 2.44. The molecule has 1 aromatic rings. The van der Waals surface area contributed by atoms with Crippen LogP contribution in [0, 0.1) is 0 Å². The van der Waals surface area contributed by atoms with E-state index in [1.165, 1.54) is 0 Å². The number of ether oxygens (including phenoxy) is 1. The average molecular weight is 269 g/mol. The van der Waals surface area contributed by atoms with E-state index in [0.717, 1.165) is 16.8 Å². The van der Waals surface area contributed by atoms with E-state index in [-0.39, 0.29) is 0 Å². The Morgan fingerprint density at radius 2 is 2.32 bits per heavy atom. The third-order valence-electron chi connectivity index (χ3n) is 2.83. The first-order chi connectivity index (χ1) is 9.08. The number of hydrogen-bond donors (Lipinski definition) is 3. The van der Waals surface area contributed by atoms with Crippen molar-refractivity contribution in [1.29, 1.82) is 0 Å². The highest BCUT2D eigenvalue weighted by molar-refractivity contribution is 4.96. The normalized spacial score (nSPS) is 30.0. The molecule has 0 spiro atoms. The Labute approximate surface area is 105 Å². The van der Waals surface area contributed by atoms with Crippen LogP contribution in [0.25, 0.3) is 10.4 Å². The molecule has 1 aromatic heterocycles. The molecule has 1 aliphatic heterocycles. The van der Waals surface area contributed by atoms with Crippen molar-refractivity contribution >= 4 is 0 Å². The van der Waals surface area contributed by atoms with Crippen LogP contribution >= 0.6 is 0 Å². The first-order valence-electron chi connectivity index (χ1n) is 5.38. The Balaban J connectivity index is 2.44. The van der Waals surface area contributed by atoms with E-state index in [0.29, 0.717) is 0 Å². The zero-order valence-electron chi connectivity index (χ0n) is 9.58. The number of aliphatic hydroxyl groups excluding tert-OH is 2. The van der Waals surface area contributed by atoms with Gasteiger partial charge >= 0.3 is 5.69 Å². The van der Waals surface area contributed by atoms with E-state index in [1.54, 1.807) is 0 Å². The highest BCUT2D eigenvalue weighted by Crippen LogP contribution is 2.30. The Kier molecular flexibility index (Phi) is 3.67. The highest BCUT2D eigenvalue weighted by atomic mass is 16.5. The summed E-state index contributed by atoms with van der Waals surface area (Å²) in [4.78, 5) is 27.2. The Bertz CT molecular complexity index is 618. The maximum absolute atomic E-state index is 11.6. The molecule has 1 fully saturated rings. The molecule has 102 valence electrons. The van der Waals surface area contributed by atoms with Gasteiger partial charge in [-0.25, -0.2) is 4.79 Å². The molecule has 0 radical (unpaired) electrons. The van der Waals surface area contributed by atoms with Gasteiger partial charge in [-0.1, -0.05) is 5.11 Å². The molecule has 0 saturated carbocycles. The van der Waals surface area contributed by atoms with Gasteiger partial charge in [-0.05, 0) is 5.53 Å². The molecule has 10 heteroatoms. The molecular formula is C9H11N5O5. The van der Waals surface area contributed by atoms with Crippen LogP contribution in [0.1, 0.15) is 6.23 Å². The van der Waals surface area contributed by atoms with Crippen LogP contribution < -0.4 is 11.2 Å². The standard InChI is InChI=1S/C9H11N5O5/c10-13-12-6-7(17)4(3-15)19-8(6)14-2-1-5(16)11-9(14)18/h1-2,4,6-8,15,17H,3H2,(H,11,16,18)/t4-,6?,7-,8?/m1/s1. The number of rotatable bonds is 3. The first-order valence-corrected chi connectivity index (χ1v) is 5.38. The summed E-state index contributed by atoms with van der Waals surface area (Å²) < 4.78 is 6.26. The molecule has 10 nitrogen and oxygen atoms in total. The first kappa shape index (κ1) is 13.3. The van der Waals surface area contributed by atoms with Gasteiger partial charge in [0.1, 0.15) is 18.4 Å². The number of aromatic amines is 1. The number of aliphatic hydroxyl groups is 2. The van der Waals surface area contributed by atoms with Crippen LogP contribution in [0.2, 0.25) is 0 Å². The zero-order valence-corrected chi connectivity index (χ0v) is 9.58. The zero-order chi connectivity index (χ0) is 14.0. The number of nitrogens with one attached hydrogen (secondary N) is 1. The van der Waals surface area contributed by atoms with E-state index < -0.39 is 42.3 Å². The van der Waals surface area contributed by atoms with E-state index >= 15 is 0 Å². The van der Waals surface area contributed by atoms with Gasteiger partial charge in [0.05, 0.1) is 12.7 Å². The van der Waals surface area contributed by atoms with Gasteiger partial charge < -0.3 is 14.9 Å². The van der Waals surface area contributed by atoms with Crippen molar-refractivity contribution in [2.75, 3.05) is 6.61 Å². The third kappa shape index (κ3) is 2.37. The monoisotopic (exact) mass is 269 g/mol. The predicted molar refractivity (Wildman–Crippen MR) is 61.3 cm³/mol. The van der Waals surface area contributed by atoms with Crippen LogP contribution in [0.4, 0.5) is 0 Å². The van der Waals surface area contributed by atoms with Crippen molar-refractivity contribution in [3.05, 3.63) is 43.5 Å². The maximum atomic E-state index is 11.6. The van der Waals surface area contributed by atoms with Crippen LogP contribution in [0.15, 0.2) is 27.0 Å². The van der Waals surface area contributed by atoms with Gasteiger partial charge in [0.15, 0.2) is 0 Å². The summed E-state index contributed by atoms with van der Waals surface area (Å²) in [6, 6.07) is 0.0158. The maximum Gasteiger partial charge on any atom is 0.330 e. The quantitative estimate of drug-likeness (QED) is 0.345. The van der Waals surface area contributed by atoms with Gasteiger partial charge in [0.25, 0.3) is 5.56 Å². The van der Waals surface area contributed by atoms with Crippen molar-refractivity contribution in [3.63, 3.8) is 0 Å². The fraction of sp³-hybridized carbons (Fsp3) is 0.556. The molecule has 0 aromatic carbocycles. The average Bonchev–Trinajstić information content (AvgIpc) is 2.68. The Morgan fingerprint density at radius 3 is 2.89 bits per heavy atom. The molecule has 1 aliphatic rings. The molecule has 3 N–H and O–H groups in total. The molecule has 1 saturated heterocycles. The topological polar surface area (TPSA) is 153 Å². The second-order valence-corrected chi connectivity index (χ2v) is 3.95. The van der Waals surface area contributed by atoms with Gasteiger partial charge in [0, 0.05) is 17.2 Å². The molecule has 19 heavy (non-hydrogen) atoms. The molecule has 4 atom stereocenters. The largest absolute Gasteiger partial charge is 0.394 e. The summed E-state index contributed by atoms with van der Waals surface area (Å²) in [5.41, 5.74) is 7.12. The summed E-state index contributed by atoms with van der Waals surface area (Å²) in [5.74, 6) is 0. The number of H-pyrrole nitrogens is 1. The van der Waals surface area contributed by atoms with Crippen molar-refractivity contribution in [3.8, 4) is 0 Å². The van der Waals surface area contributed by atoms with Crippen molar-refractivity contribution in [2.45, 2.75) is 24.5 Å². The van der Waals surface area contributed by atoms with Crippen LogP contribution in [-0.4, -0.2) is 44.6 Å². The smallest absolute Gasteiger partial charge is 0.330 e. The van der Waals surface area contributed by atoms with Gasteiger partial charge in [-0.3, -0.25) is 14.3 Å². The second-order valence-electron chi connectivity index (χ2n) is 3.95. The van der Waals surface area contributed by atoms with Crippen molar-refractivity contribution in [1.82, 2.24) is 9.55 Å². The fourth-order valence-corrected chi connectivity index (χ4v) is 1.92. The molecule has 2 unspecified atom stereocenters. The molecule has 0 amide bonds. The lowest BCUT2D eigenvalue weighted by Crippen LogP contribution is -2.36. The van der Waals surface area contributed by atoms with E-state index in [1.807, 2.05) is 4.98 Å². The molecule has 2 rings (SSSR count). The summed E-state index contributed by atoms with van der Waals surface area (Å²) in [7, 11) is 0. The molecule has 2 heterocycles. The van der Waals surface area contributed by atoms with Crippen molar-refractivity contribution in [2.24, 2.45) is 5.11 Å². The summed E-state index contributed by atoms with van der Waals surface area (Å²) in [6.45, 7) is -0.493. The summed E-state index contributed by atoms with van der Waals surface area (Å²) in [5, 5.41) is 22.2. The molecular weight excluding hydrogens is 258 g/mol. The van der Waals surface area contributed by atoms with Crippen LogP contribution in [0.5, 0.6) is 0 Å². The fourth-order valence-electron chi connectivity index (χ4n) is 1.92. The predicted octanol–water partition coefficient (Wildman–Crippen LogP) is -1.53. The van der Waals surface area contributed by atoms with Gasteiger partial charge in [0.2, 0.25) is 0 Å². The lowest BCUT2D eigenvalue weighted by molar-refractivity contribution is -0.0464. The van der Waals surface area contributed by atoms with E-state index in [4.69, 9.17) is 15.4 Å². The Morgan fingerprint density at radius 1 is 1.58 bits per heavy atom. The number of nitrogens with zero attached hydrogens (tertiary/aromatic N) is 4.